The van der Waals surface area contributed by atoms with Gasteiger partial charge in [0.2, 0.25) is 0 Å². The molecule has 0 unspecified atom stereocenters. The number of para-hydroxylation sites is 1. The molecule has 3 aromatic rings. The summed E-state index contributed by atoms with van der Waals surface area (Å²) in [6, 6.07) is 10.6. The maximum atomic E-state index is 12.2. The van der Waals surface area contributed by atoms with Gasteiger partial charge in [-0.2, -0.15) is 14.9 Å². The number of hydrogen-bond acceptors (Lipinski definition) is 6. The van der Waals surface area contributed by atoms with Gasteiger partial charge < -0.3 is 11.1 Å². The van der Waals surface area contributed by atoms with E-state index in [1.807, 2.05) is 60.7 Å². The summed E-state index contributed by atoms with van der Waals surface area (Å²) in [7, 11) is 0. The zero-order valence-electron chi connectivity index (χ0n) is 19.6. The van der Waals surface area contributed by atoms with Crippen LogP contribution in [-0.2, 0) is 0 Å². The van der Waals surface area contributed by atoms with Crippen molar-refractivity contribution in [3.8, 4) is 5.69 Å². The minimum atomic E-state index is -0.307. The van der Waals surface area contributed by atoms with Crippen molar-refractivity contribution in [1.29, 1.82) is 0 Å². The van der Waals surface area contributed by atoms with Crippen molar-refractivity contribution < 1.29 is 0 Å². The molecule has 0 saturated carbocycles. The van der Waals surface area contributed by atoms with Crippen molar-refractivity contribution in [3.05, 3.63) is 105 Å². The van der Waals surface area contributed by atoms with Crippen LogP contribution in [-0.4, -0.2) is 26.1 Å². The second-order valence-electron chi connectivity index (χ2n) is 7.77. The molecule has 8 nitrogen and oxygen atoms in total. The van der Waals surface area contributed by atoms with E-state index in [1.165, 1.54) is 21.6 Å². The van der Waals surface area contributed by atoms with Crippen molar-refractivity contribution in [1.82, 2.24) is 19.6 Å². The maximum absolute atomic E-state index is 12.2. The minimum absolute atomic E-state index is 0.181. The number of benzene rings is 1. The van der Waals surface area contributed by atoms with E-state index in [2.05, 4.69) is 22.4 Å². The van der Waals surface area contributed by atoms with E-state index in [0.29, 0.717) is 23.5 Å². The average Bonchev–Trinajstić information content (AvgIpc) is 3.15. The molecule has 35 heavy (non-hydrogen) atoms. The van der Waals surface area contributed by atoms with Gasteiger partial charge in [0.25, 0.3) is 11.1 Å². The molecule has 2 heterocycles. The van der Waals surface area contributed by atoms with Crippen molar-refractivity contribution in [2.24, 2.45) is 0 Å². The first-order chi connectivity index (χ1) is 17.0. The molecule has 1 aliphatic carbocycles. The fraction of sp³-hybridized carbons (Fsp3) is 0.231. The summed E-state index contributed by atoms with van der Waals surface area (Å²) in [4.78, 5) is 23.8. The second kappa shape index (κ2) is 13.1. The Balaban J connectivity index is 0.000000203. The third-order valence-corrected chi connectivity index (χ3v) is 5.45. The number of halogens is 1. The van der Waals surface area contributed by atoms with Crippen LogP contribution in [0.3, 0.4) is 0 Å². The van der Waals surface area contributed by atoms with E-state index in [0.717, 1.165) is 31.5 Å². The Labute approximate surface area is 209 Å². The monoisotopic (exact) mass is 492 g/mol. The molecule has 0 bridgehead atoms. The van der Waals surface area contributed by atoms with Crippen molar-refractivity contribution in [2.75, 3.05) is 17.6 Å². The predicted molar refractivity (Wildman–Crippen MR) is 143 cm³/mol. The first-order valence-electron chi connectivity index (χ1n) is 11.5. The van der Waals surface area contributed by atoms with Crippen LogP contribution in [0.25, 0.3) is 11.4 Å². The van der Waals surface area contributed by atoms with Crippen LogP contribution in [0.5, 0.6) is 0 Å². The van der Waals surface area contributed by atoms with E-state index < -0.39 is 0 Å². The molecular weight excluding hydrogens is 464 g/mol. The number of nitrogens with one attached hydrogen (secondary N) is 1. The zero-order valence-corrected chi connectivity index (χ0v) is 20.4. The van der Waals surface area contributed by atoms with E-state index in [9.17, 15) is 9.59 Å². The normalized spacial score (nSPS) is 12.3. The van der Waals surface area contributed by atoms with Crippen LogP contribution in [0.15, 0.2) is 88.8 Å². The Hall–Kier alpha value is -3.91. The molecule has 0 saturated heterocycles. The first-order valence-corrected chi connectivity index (χ1v) is 11.8. The Morgan fingerprint density at radius 3 is 2.54 bits per heavy atom. The number of hydrogen-bond donors (Lipinski definition) is 2. The second-order valence-corrected chi connectivity index (χ2v) is 8.15. The number of anilines is 2. The highest BCUT2D eigenvalue weighted by molar-refractivity contribution is 6.32. The molecule has 0 atom stereocenters. The van der Waals surface area contributed by atoms with Crippen LogP contribution >= 0.6 is 11.6 Å². The SMILES string of the molecule is CCCCCNc1cnn(-c2ccccc2)c(=O)c1Cl.Nc1cnn(C2=CC=CC=CC2)c(=O)c1. The lowest BCUT2D eigenvalue weighted by atomic mass is 10.2. The van der Waals surface area contributed by atoms with E-state index in [-0.39, 0.29) is 16.1 Å². The highest BCUT2D eigenvalue weighted by Crippen LogP contribution is 2.16. The number of nitrogens with two attached hydrogens (primary N) is 1. The van der Waals surface area contributed by atoms with Gasteiger partial charge in [0, 0.05) is 24.7 Å². The lowest BCUT2D eigenvalue weighted by Gasteiger charge is -2.10. The fourth-order valence-corrected chi connectivity index (χ4v) is 3.46. The van der Waals surface area contributed by atoms with Gasteiger partial charge in [0.05, 0.1) is 29.5 Å². The standard InChI is InChI=1S/C15H18ClN3O.C11H11N3O/c1-2-3-7-10-17-13-11-18-19(15(20)14(13)16)12-8-5-4-6-9-12;12-9-7-11(15)14(13-8-9)10-5-3-1-2-4-6-10/h4-6,8-9,11,17H,2-3,7,10H2,1H3;1-5,7-8H,6,12H2. The van der Waals surface area contributed by atoms with Gasteiger partial charge in [-0.15, -0.1) is 0 Å². The number of rotatable bonds is 7. The van der Waals surface area contributed by atoms with Crippen LogP contribution in [0.2, 0.25) is 5.02 Å². The van der Waals surface area contributed by atoms with Gasteiger partial charge >= 0.3 is 0 Å². The van der Waals surface area contributed by atoms with E-state index in [1.54, 1.807) is 6.20 Å². The molecule has 182 valence electrons. The van der Waals surface area contributed by atoms with Crippen LogP contribution in [0.1, 0.15) is 32.6 Å². The van der Waals surface area contributed by atoms with Crippen LogP contribution in [0.4, 0.5) is 11.4 Å². The topological polar surface area (TPSA) is 108 Å². The molecule has 0 aliphatic heterocycles. The molecule has 1 aliphatic rings. The minimum Gasteiger partial charge on any atom is -0.397 e. The van der Waals surface area contributed by atoms with Gasteiger partial charge in [-0.25, -0.2) is 4.68 Å². The molecule has 0 radical (unpaired) electrons. The first kappa shape index (κ1) is 25.7. The number of allylic oxidation sites excluding steroid dienone is 6. The third-order valence-electron chi connectivity index (χ3n) is 5.08. The van der Waals surface area contributed by atoms with Crippen molar-refractivity contribution >= 4 is 28.7 Å². The van der Waals surface area contributed by atoms with Gasteiger partial charge in [-0.05, 0) is 24.6 Å². The van der Waals surface area contributed by atoms with Gasteiger partial charge in [-0.3, -0.25) is 9.59 Å². The third kappa shape index (κ3) is 7.28. The Morgan fingerprint density at radius 2 is 1.80 bits per heavy atom. The zero-order chi connectivity index (χ0) is 25.0. The summed E-state index contributed by atoms with van der Waals surface area (Å²) in [5, 5.41) is 11.5. The Morgan fingerprint density at radius 1 is 1.03 bits per heavy atom. The number of nitrogens with zero attached hydrogens (tertiary/aromatic N) is 4. The molecule has 1 aromatic carbocycles. The number of unbranched alkanes of at least 4 members (excludes halogenated alkanes) is 2. The predicted octanol–water partition coefficient (Wildman–Crippen LogP) is 4.67. The van der Waals surface area contributed by atoms with E-state index >= 15 is 0 Å². The van der Waals surface area contributed by atoms with Crippen molar-refractivity contribution in [2.45, 2.75) is 32.6 Å². The molecule has 0 spiro atoms. The molecular formula is C26H29ClN6O2. The van der Waals surface area contributed by atoms with Gasteiger partial charge in [0.1, 0.15) is 5.02 Å². The van der Waals surface area contributed by atoms with Gasteiger partial charge in [0.15, 0.2) is 0 Å². The lowest BCUT2D eigenvalue weighted by Crippen LogP contribution is -2.22. The molecule has 2 aromatic heterocycles. The highest BCUT2D eigenvalue weighted by Gasteiger charge is 2.10. The van der Waals surface area contributed by atoms with E-state index in [4.69, 9.17) is 17.3 Å². The summed E-state index contributed by atoms with van der Waals surface area (Å²) in [6.45, 7) is 2.94. The molecule has 3 N–H and O–H groups in total. The number of nitrogen functional groups attached to an aromatic ring is 1. The fourth-order valence-electron chi connectivity index (χ4n) is 3.27. The summed E-state index contributed by atoms with van der Waals surface area (Å²) >= 11 is 6.13. The van der Waals surface area contributed by atoms with Crippen LogP contribution in [0, 0.1) is 0 Å². The van der Waals surface area contributed by atoms with Crippen molar-refractivity contribution in [3.63, 3.8) is 0 Å². The summed E-state index contributed by atoms with van der Waals surface area (Å²) < 4.78 is 2.66. The maximum Gasteiger partial charge on any atom is 0.292 e. The highest BCUT2D eigenvalue weighted by atomic mass is 35.5. The largest absolute Gasteiger partial charge is 0.397 e. The quantitative estimate of drug-likeness (QED) is 0.464. The Bertz CT molecular complexity index is 1330. The molecule has 0 fully saturated rings. The number of aromatic nitrogens is 4. The van der Waals surface area contributed by atoms with Gasteiger partial charge in [-0.1, -0.05) is 73.9 Å². The summed E-state index contributed by atoms with van der Waals surface area (Å²) in [6.07, 6.45) is 16.7. The molecule has 9 heteroatoms. The average molecular weight is 493 g/mol. The lowest BCUT2D eigenvalue weighted by molar-refractivity contribution is 0.741. The summed E-state index contributed by atoms with van der Waals surface area (Å²) in [5.41, 5.74) is 7.48. The molecule has 4 rings (SSSR count). The molecule has 0 amide bonds. The smallest absolute Gasteiger partial charge is 0.292 e. The Kier molecular flexibility index (Phi) is 9.62. The van der Waals surface area contributed by atoms with Crippen LogP contribution < -0.4 is 22.2 Å². The summed E-state index contributed by atoms with van der Waals surface area (Å²) in [5.74, 6) is 0.